The van der Waals surface area contributed by atoms with E-state index in [9.17, 15) is 13.2 Å². The number of nitrogens with one attached hydrogen (secondary N) is 2. The minimum atomic E-state index is -4.13. The molecule has 0 aliphatic carbocycles. The molecule has 0 bridgehead atoms. The second-order valence-corrected chi connectivity index (χ2v) is 4.11. The number of piperazine rings is 1. The third-order valence-electron chi connectivity index (χ3n) is 3.10. The Morgan fingerprint density at radius 2 is 2.00 bits per heavy atom. The van der Waals surface area contributed by atoms with E-state index in [0.717, 1.165) is 19.4 Å². The van der Waals surface area contributed by atoms with Crippen LogP contribution >= 0.6 is 0 Å². The van der Waals surface area contributed by atoms with E-state index < -0.39 is 12.2 Å². The molecule has 2 heterocycles. The van der Waals surface area contributed by atoms with Crippen LogP contribution in [0.1, 0.15) is 12.8 Å². The standard InChI is InChI=1S/C9H16F3N3/c10-9(11,12)7-6-13-4-5-15(7)8-2-1-3-14-8/h7-8,13-14H,1-6H2. The van der Waals surface area contributed by atoms with Gasteiger partial charge in [-0.3, -0.25) is 4.90 Å². The van der Waals surface area contributed by atoms with Gasteiger partial charge in [0, 0.05) is 19.6 Å². The zero-order chi connectivity index (χ0) is 10.9. The summed E-state index contributed by atoms with van der Waals surface area (Å²) < 4.78 is 38.2. The average molecular weight is 223 g/mol. The summed E-state index contributed by atoms with van der Waals surface area (Å²) in [6.45, 7) is 1.97. The first-order chi connectivity index (χ1) is 7.09. The molecule has 2 atom stereocenters. The first kappa shape index (κ1) is 11.2. The zero-order valence-electron chi connectivity index (χ0n) is 8.48. The molecule has 15 heavy (non-hydrogen) atoms. The van der Waals surface area contributed by atoms with Gasteiger partial charge in [-0.1, -0.05) is 0 Å². The van der Waals surface area contributed by atoms with Crippen LogP contribution in [-0.4, -0.2) is 49.5 Å². The first-order valence-electron chi connectivity index (χ1n) is 5.35. The fourth-order valence-electron chi connectivity index (χ4n) is 2.35. The molecule has 0 spiro atoms. The summed E-state index contributed by atoms with van der Waals surface area (Å²) in [5.74, 6) is 0. The van der Waals surface area contributed by atoms with Crippen molar-refractivity contribution in [3.05, 3.63) is 0 Å². The van der Waals surface area contributed by atoms with Crippen molar-refractivity contribution in [2.45, 2.75) is 31.2 Å². The van der Waals surface area contributed by atoms with Crippen molar-refractivity contribution < 1.29 is 13.2 Å². The second kappa shape index (κ2) is 4.27. The Hall–Kier alpha value is -0.330. The summed E-state index contributed by atoms with van der Waals surface area (Å²) in [5, 5.41) is 5.93. The van der Waals surface area contributed by atoms with Crippen LogP contribution in [0.3, 0.4) is 0 Å². The average Bonchev–Trinajstić information content (AvgIpc) is 2.69. The third kappa shape index (κ3) is 2.43. The van der Waals surface area contributed by atoms with Crippen LogP contribution in [-0.2, 0) is 0 Å². The van der Waals surface area contributed by atoms with Gasteiger partial charge in [-0.15, -0.1) is 0 Å². The van der Waals surface area contributed by atoms with Gasteiger partial charge >= 0.3 is 6.18 Å². The van der Waals surface area contributed by atoms with Gasteiger partial charge in [0.05, 0.1) is 6.17 Å². The van der Waals surface area contributed by atoms with Crippen molar-refractivity contribution in [2.75, 3.05) is 26.2 Å². The minimum absolute atomic E-state index is 0.0156. The number of alkyl halides is 3. The molecule has 0 aromatic heterocycles. The van der Waals surface area contributed by atoms with Crippen LogP contribution in [0.4, 0.5) is 13.2 Å². The van der Waals surface area contributed by atoms with Gasteiger partial charge in [0.25, 0.3) is 0 Å². The molecule has 0 amide bonds. The van der Waals surface area contributed by atoms with Crippen LogP contribution in [0.2, 0.25) is 0 Å². The van der Waals surface area contributed by atoms with Gasteiger partial charge < -0.3 is 10.6 Å². The molecule has 2 fully saturated rings. The van der Waals surface area contributed by atoms with Gasteiger partial charge in [0.2, 0.25) is 0 Å². The lowest BCUT2D eigenvalue weighted by atomic mass is 10.1. The van der Waals surface area contributed by atoms with Crippen molar-refractivity contribution in [2.24, 2.45) is 0 Å². The quantitative estimate of drug-likeness (QED) is 0.679. The van der Waals surface area contributed by atoms with E-state index in [1.54, 1.807) is 4.90 Å². The molecule has 3 nitrogen and oxygen atoms in total. The molecule has 0 saturated carbocycles. The molecule has 2 rings (SSSR count). The van der Waals surface area contributed by atoms with Gasteiger partial charge in [0.1, 0.15) is 6.04 Å². The number of hydrogen-bond donors (Lipinski definition) is 2. The molecule has 2 aliphatic heterocycles. The number of hydrogen-bond acceptors (Lipinski definition) is 3. The van der Waals surface area contributed by atoms with Crippen LogP contribution in [0, 0.1) is 0 Å². The highest BCUT2D eigenvalue weighted by atomic mass is 19.4. The number of halogens is 3. The van der Waals surface area contributed by atoms with Gasteiger partial charge in [-0.25, -0.2) is 0 Å². The summed E-state index contributed by atoms with van der Waals surface area (Å²) in [4.78, 5) is 1.56. The maximum atomic E-state index is 12.7. The van der Waals surface area contributed by atoms with E-state index in [4.69, 9.17) is 0 Å². The Kier molecular flexibility index (Phi) is 3.18. The lowest BCUT2D eigenvalue weighted by molar-refractivity contribution is -0.194. The molecular formula is C9H16F3N3. The lowest BCUT2D eigenvalue weighted by Gasteiger charge is -2.40. The highest BCUT2D eigenvalue weighted by molar-refractivity contribution is 4.90. The molecule has 0 radical (unpaired) electrons. The molecule has 88 valence electrons. The maximum absolute atomic E-state index is 12.7. The summed E-state index contributed by atoms with van der Waals surface area (Å²) in [6, 6.07) is -1.33. The highest BCUT2D eigenvalue weighted by Gasteiger charge is 2.46. The Bertz CT molecular complexity index is 213. The van der Waals surface area contributed by atoms with E-state index >= 15 is 0 Å². The van der Waals surface area contributed by atoms with Gasteiger partial charge in [0.15, 0.2) is 0 Å². The first-order valence-corrected chi connectivity index (χ1v) is 5.35. The van der Waals surface area contributed by atoms with Crippen LogP contribution in [0.25, 0.3) is 0 Å². The van der Waals surface area contributed by atoms with Crippen molar-refractivity contribution in [3.63, 3.8) is 0 Å². The fraction of sp³-hybridized carbons (Fsp3) is 1.00. The predicted octanol–water partition coefficient (Wildman–Crippen LogP) is 0.532. The molecule has 6 heteroatoms. The Morgan fingerprint density at radius 3 is 2.60 bits per heavy atom. The van der Waals surface area contributed by atoms with Crippen molar-refractivity contribution >= 4 is 0 Å². The molecule has 0 aromatic rings. The van der Waals surface area contributed by atoms with Crippen molar-refractivity contribution in [1.82, 2.24) is 15.5 Å². The third-order valence-corrected chi connectivity index (χ3v) is 3.10. The van der Waals surface area contributed by atoms with Gasteiger partial charge in [-0.2, -0.15) is 13.2 Å². The molecule has 2 aliphatic rings. The summed E-state index contributed by atoms with van der Waals surface area (Å²) in [7, 11) is 0. The number of nitrogens with zero attached hydrogens (tertiary/aromatic N) is 1. The monoisotopic (exact) mass is 223 g/mol. The lowest BCUT2D eigenvalue weighted by Crippen LogP contribution is -2.62. The SMILES string of the molecule is FC(F)(F)C1CNCCN1C1CCCN1. The van der Waals surface area contributed by atoms with Crippen LogP contribution in [0.5, 0.6) is 0 Å². The molecular weight excluding hydrogens is 207 g/mol. The molecule has 2 saturated heterocycles. The minimum Gasteiger partial charge on any atom is -0.314 e. The topological polar surface area (TPSA) is 27.3 Å². The predicted molar refractivity (Wildman–Crippen MR) is 50.4 cm³/mol. The van der Waals surface area contributed by atoms with Crippen LogP contribution < -0.4 is 10.6 Å². The van der Waals surface area contributed by atoms with E-state index in [1.165, 1.54) is 0 Å². The van der Waals surface area contributed by atoms with Crippen LogP contribution in [0.15, 0.2) is 0 Å². The fourth-order valence-corrected chi connectivity index (χ4v) is 2.35. The van der Waals surface area contributed by atoms with E-state index in [2.05, 4.69) is 10.6 Å². The Morgan fingerprint density at radius 1 is 1.20 bits per heavy atom. The summed E-state index contributed by atoms with van der Waals surface area (Å²) >= 11 is 0. The smallest absolute Gasteiger partial charge is 0.314 e. The summed E-state index contributed by atoms with van der Waals surface area (Å²) in [6.07, 6.45) is -2.41. The maximum Gasteiger partial charge on any atom is 0.405 e. The van der Waals surface area contributed by atoms with E-state index in [1.807, 2.05) is 0 Å². The number of rotatable bonds is 1. The Balaban J connectivity index is 2.05. The normalized spacial score (nSPS) is 34.6. The second-order valence-electron chi connectivity index (χ2n) is 4.11. The van der Waals surface area contributed by atoms with Gasteiger partial charge in [-0.05, 0) is 19.4 Å². The Labute approximate surface area is 87.0 Å². The molecule has 2 N–H and O–H groups in total. The summed E-state index contributed by atoms with van der Waals surface area (Å²) in [5.41, 5.74) is 0. The highest BCUT2D eigenvalue weighted by Crippen LogP contribution is 2.28. The van der Waals surface area contributed by atoms with E-state index in [0.29, 0.717) is 13.1 Å². The zero-order valence-corrected chi connectivity index (χ0v) is 8.48. The molecule has 2 unspecified atom stereocenters. The molecule has 0 aromatic carbocycles. The largest absolute Gasteiger partial charge is 0.405 e. The van der Waals surface area contributed by atoms with Crippen molar-refractivity contribution in [3.8, 4) is 0 Å². The van der Waals surface area contributed by atoms with Crippen molar-refractivity contribution in [1.29, 1.82) is 0 Å². The van der Waals surface area contributed by atoms with E-state index in [-0.39, 0.29) is 12.7 Å².